The van der Waals surface area contributed by atoms with Crippen molar-refractivity contribution in [3.63, 3.8) is 0 Å². The van der Waals surface area contributed by atoms with Crippen LogP contribution in [0.4, 0.5) is 0 Å². The number of nitrogens with zero attached hydrogens (tertiary/aromatic N) is 1. The van der Waals surface area contributed by atoms with Gasteiger partial charge < -0.3 is 5.11 Å². The van der Waals surface area contributed by atoms with Crippen molar-refractivity contribution in [2.75, 3.05) is 13.1 Å². The lowest BCUT2D eigenvalue weighted by molar-refractivity contribution is -0.138. The molecule has 0 aliphatic heterocycles. The summed E-state index contributed by atoms with van der Waals surface area (Å²) in [6.45, 7) is 7.37. The van der Waals surface area contributed by atoms with E-state index in [9.17, 15) is 4.79 Å². The molecule has 16 heavy (non-hydrogen) atoms. The van der Waals surface area contributed by atoms with E-state index in [2.05, 4.69) is 13.8 Å². The molecule has 0 radical (unpaired) electrons. The van der Waals surface area contributed by atoms with Gasteiger partial charge in [-0.2, -0.15) is 0 Å². The minimum atomic E-state index is -0.723. The van der Waals surface area contributed by atoms with Crippen LogP contribution in [0.25, 0.3) is 0 Å². The van der Waals surface area contributed by atoms with Crippen LogP contribution in [0.3, 0.4) is 0 Å². The highest BCUT2D eigenvalue weighted by molar-refractivity contribution is 5.69. The molecule has 1 N–H and O–H groups in total. The molecule has 0 aromatic rings. The van der Waals surface area contributed by atoms with Gasteiger partial charge in [-0.05, 0) is 19.9 Å². The Morgan fingerprint density at radius 3 is 2.31 bits per heavy atom. The van der Waals surface area contributed by atoms with E-state index in [1.807, 2.05) is 11.8 Å². The van der Waals surface area contributed by atoms with Gasteiger partial charge in [-0.25, -0.2) is 0 Å². The van der Waals surface area contributed by atoms with Crippen molar-refractivity contribution in [3.8, 4) is 0 Å². The van der Waals surface area contributed by atoms with Gasteiger partial charge in [0, 0.05) is 6.04 Å². The first kappa shape index (κ1) is 15.4. The molecule has 0 aliphatic rings. The fourth-order valence-corrected chi connectivity index (χ4v) is 1.98. The van der Waals surface area contributed by atoms with E-state index in [0.717, 1.165) is 13.0 Å². The first-order valence-corrected chi connectivity index (χ1v) is 6.57. The summed E-state index contributed by atoms with van der Waals surface area (Å²) in [7, 11) is 0. The van der Waals surface area contributed by atoms with Gasteiger partial charge >= 0.3 is 5.97 Å². The van der Waals surface area contributed by atoms with E-state index in [1.165, 1.54) is 32.1 Å². The summed E-state index contributed by atoms with van der Waals surface area (Å²) in [5, 5.41) is 8.76. The monoisotopic (exact) mass is 229 g/mol. The quantitative estimate of drug-likeness (QED) is 0.585. The van der Waals surface area contributed by atoms with Crippen molar-refractivity contribution in [2.24, 2.45) is 0 Å². The molecule has 0 amide bonds. The highest BCUT2D eigenvalue weighted by atomic mass is 16.4. The number of carboxylic acids is 1. The van der Waals surface area contributed by atoms with Crippen molar-refractivity contribution in [1.82, 2.24) is 4.90 Å². The van der Waals surface area contributed by atoms with Crippen molar-refractivity contribution < 1.29 is 9.90 Å². The minimum Gasteiger partial charge on any atom is -0.480 e. The van der Waals surface area contributed by atoms with E-state index in [1.54, 1.807) is 0 Å². The molecule has 0 heterocycles. The summed E-state index contributed by atoms with van der Waals surface area (Å²) in [6, 6.07) is 0.391. The molecule has 1 unspecified atom stereocenters. The molecule has 1 atom stereocenters. The van der Waals surface area contributed by atoms with Crippen LogP contribution in [-0.2, 0) is 4.79 Å². The molecule has 0 aromatic heterocycles. The summed E-state index contributed by atoms with van der Waals surface area (Å²) in [4.78, 5) is 12.7. The molecule has 0 fully saturated rings. The predicted molar refractivity (Wildman–Crippen MR) is 67.7 cm³/mol. The molecular formula is C13H27NO2. The second-order valence-electron chi connectivity index (χ2n) is 4.51. The molecule has 0 aromatic carbocycles. The van der Waals surface area contributed by atoms with Crippen LogP contribution >= 0.6 is 0 Å². The maximum atomic E-state index is 10.6. The van der Waals surface area contributed by atoms with E-state index < -0.39 is 5.97 Å². The van der Waals surface area contributed by atoms with Crippen molar-refractivity contribution in [2.45, 2.75) is 65.3 Å². The average molecular weight is 229 g/mol. The number of aliphatic carboxylic acids is 1. The summed E-state index contributed by atoms with van der Waals surface area (Å²) in [5.41, 5.74) is 0. The lowest BCUT2D eigenvalue weighted by atomic mass is 10.1. The highest BCUT2D eigenvalue weighted by Crippen LogP contribution is 2.11. The van der Waals surface area contributed by atoms with Crippen LogP contribution in [0.15, 0.2) is 0 Å². The number of rotatable bonds is 10. The summed E-state index contributed by atoms with van der Waals surface area (Å²) < 4.78 is 0. The van der Waals surface area contributed by atoms with Gasteiger partial charge in [-0.15, -0.1) is 0 Å². The third-order valence-corrected chi connectivity index (χ3v) is 3.09. The lowest BCUT2D eigenvalue weighted by Crippen LogP contribution is -2.37. The van der Waals surface area contributed by atoms with Gasteiger partial charge in [0.15, 0.2) is 0 Å². The van der Waals surface area contributed by atoms with Crippen LogP contribution in [0.5, 0.6) is 0 Å². The fraction of sp³-hybridized carbons (Fsp3) is 0.923. The Hall–Kier alpha value is -0.570. The molecule has 0 spiro atoms. The molecule has 3 nitrogen and oxygen atoms in total. The topological polar surface area (TPSA) is 40.5 Å². The Labute approximate surface area is 99.8 Å². The number of unbranched alkanes of at least 4 members (excludes halogenated alkanes) is 4. The Morgan fingerprint density at radius 2 is 1.81 bits per heavy atom. The van der Waals surface area contributed by atoms with Gasteiger partial charge in [-0.1, -0.05) is 46.0 Å². The van der Waals surface area contributed by atoms with E-state index in [4.69, 9.17) is 5.11 Å². The largest absolute Gasteiger partial charge is 0.480 e. The Bertz CT molecular complexity index is 183. The molecule has 0 saturated carbocycles. The van der Waals surface area contributed by atoms with Gasteiger partial charge in [-0.3, -0.25) is 9.69 Å². The molecule has 96 valence electrons. The smallest absolute Gasteiger partial charge is 0.317 e. The van der Waals surface area contributed by atoms with E-state index >= 15 is 0 Å². The SMILES string of the molecule is CCCCCCCC(C)N(CC)CC(=O)O. The minimum absolute atomic E-state index is 0.173. The normalized spacial score (nSPS) is 13.0. The summed E-state index contributed by atoms with van der Waals surface area (Å²) >= 11 is 0. The van der Waals surface area contributed by atoms with Gasteiger partial charge in [0.25, 0.3) is 0 Å². The van der Waals surface area contributed by atoms with Crippen molar-refractivity contribution >= 4 is 5.97 Å². The van der Waals surface area contributed by atoms with Crippen LogP contribution < -0.4 is 0 Å². The van der Waals surface area contributed by atoms with E-state index in [0.29, 0.717) is 6.04 Å². The maximum Gasteiger partial charge on any atom is 0.317 e. The number of carboxylic acid groups (broad SMARTS) is 1. The maximum absolute atomic E-state index is 10.6. The van der Waals surface area contributed by atoms with Crippen LogP contribution in [0.1, 0.15) is 59.3 Å². The standard InChI is InChI=1S/C13H27NO2/c1-4-6-7-8-9-10-12(3)14(5-2)11-13(15)16/h12H,4-11H2,1-3H3,(H,15,16). The van der Waals surface area contributed by atoms with Gasteiger partial charge in [0.2, 0.25) is 0 Å². The summed E-state index contributed by atoms with van der Waals surface area (Å²) in [6.07, 6.45) is 7.52. The van der Waals surface area contributed by atoms with Crippen LogP contribution in [0.2, 0.25) is 0 Å². The molecule has 0 bridgehead atoms. The highest BCUT2D eigenvalue weighted by Gasteiger charge is 2.14. The van der Waals surface area contributed by atoms with Crippen molar-refractivity contribution in [3.05, 3.63) is 0 Å². The zero-order valence-corrected chi connectivity index (χ0v) is 11.0. The molecule has 0 saturated heterocycles. The number of hydrogen-bond acceptors (Lipinski definition) is 2. The second kappa shape index (κ2) is 9.64. The fourth-order valence-electron chi connectivity index (χ4n) is 1.98. The predicted octanol–water partition coefficient (Wildman–Crippen LogP) is 3.14. The Morgan fingerprint density at radius 1 is 1.19 bits per heavy atom. The average Bonchev–Trinajstić information content (AvgIpc) is 2.25. The summed E-state index contributed by atoms with van der Waals surface area (Å²) in [5.74, 6) is -0.723. The first-order valence-electron chi connectivity index (χ1n) is 6.57. The third kappa shape index (κ3) is 7.69. The van der Waals surface area contributed by atoms with Crippen LogP contribution in [-0.4, -0.2) is 35.1 Å². The molecular weight excluding hydrogens is 202 g/mol. The third-order valence-electron chi connectivity index (χ3n) is 3.09. The lowest BCUT2D eigenvalue weighted by Gasteiger charge is -2.25. The number of carbonyl (C=O) groups is 1. The van der Waals surface area contributed by atoms with E-state index in [-0.39, 0.29) is 6.54 Å². The van der Waals surface area contributed by atoms with Crippen LogP contribution in [0, 0.1) is 0 Å². The Balaban J connectivity index is 3.66. The van der Waals surface area contributed by atoms with Gasteiger partial charge in [0.1, 0.15) is 0 Å². The van der Waals surface area contributed by atoms with Gasteiger partial charge in [0.05, 0.1) is 6.54 Å². The molecule has 3 heteroatoms. The number of likely N-dealkylation sites (N-methyl/N-ethyl adjacent to an activating group) is 1. The first-order chi connectivity index (χ1) is 7.61. The number of hydrogen-bond donors (Lipinski definition) is 1. The zero-order chi connectivity index (χ0) is 12.4. The Kier molecular flexibility index (Phi) is 9.30. The zero-order valence-electron chi connectivity index (χ0n) is 11.0. The van der Waals surface area contributed by atoms with Crippen molar-refractivity contribution in [1.29, 1.82) is 0 Å². The second-order valence-corrected chi connectivity index (χ2v) is 4.51. The molecule has 0 rings (SSSR count). The molecule has 0 aliphatic carbocycles.